The predicted molar refractivity (Wildman–Crippen MR) is 83.4 cm³/mol. The van der Waals surface area contributed by atoms with Crippen molar-refractivity contribution in [1.82, 2.24) is 0 Å². The van der Waals surface area contributed by atoms with Gasteiger partial charge in [-0.15, -0.1) is 0 Å². The van der Waals surface area contributed by atoms with Crippen LogP contribution in [-0.2, 0) is 0 Å². The molecule has 0 aromatic heterocycles. The van der Waals surface area contributed by atoms with E-state index < -0.39 is 0 Å². The van der Waals surface area contributed by atoms with Crippen molar-refractivity contribution in [2.24, 2.45) is 5.92 Å². The van der Waals surface area contributed by atoms with Gasteiger partial charge in [0.05, 0.1) is 11.4 Å². The summed E-state index contributed by atoms with van der Waals surface area (Å²) in [4.78, 5) is 2.44. The molecule has 0 aliphatic carbocycles. The van der Waals surface area contributed by atoms with E-state index in [1.54, 1.807) is 0 Å². The number of nitrogens with zero attached hydrogens (tertiary/aromatic N) is 1. The van der Waals surface area contributed by atoms with E-state index in [1.807, 2.05) is 0 Å². The molecule has 2 N–H and O–H groups in total. The minimum Gasteiger partial charge on any atom is -0.397 e. The Morgan fingerprint density at radius 2 is 2.06 bits per heavy atom. The van der Waals surface area contributed by atoms with Crippen molar-refractivity contribution in [3.8, 4) is 0 Å². The highest BCUT2D eigenvalue weighted by atomic mass is 127. The number of nitrogen functional groups attached to an aromatic ring is 1. The van der Waals surface area contributed by atoms with Gasteiger partial charge in [-0.25, -0.2) is 0 Å². The van der Waals surface area contributed by atoms with Crippen LogP contribution >= 0.6 is 22.6 Å². The third-order valence-electron chi connectivity index (χ3n) is 3.64. The third-order valence-corrected chi connectivity index (χ3v) is 4.31. The highest BCUT2D eigenvalue weighted by molar-refractivity contribution is 14.1. The van der Waals surface area contributed by atoms with Crippen LogP contribution in [0, 0.1) is 9.49 Å². The molecule has 0 bridgehead atoms. The molecule has 1 saturated heterocycles. The van der Waals surface area contributed by atoms with Crippen LogP contribution in [-0.4, -0.2) is 13.1 Å². The summed E-state index contributed by atoms with van der Waals surface area (Å²) in [5.74, 6) is 0.932. The zero-order valence-corrected chi connectivity index (χ0v) is 12.6. The van der Waals surface area contributed by atoms with E-state index in [9.17, 15) is 0 Å². The van der Waals surface area contributed by atoms with Crippen LogP contribution in [0.2, 0.25) is 0 Å². The van der Waals surface area contributed by atoms with Crippen molar-refractivity contribution in [2.45, 2.75) is 32.6 Å². The molecule has 1 heterocycles. The molecule has 1 fully saturated rings. The van der Waals surface area contributed by atoms with E-state index in [4.69, 9.17) is 5.73 Å². The Morgan fingerprint density at radius 3 is 2.65 bits per heavy atom. The van der Waals surface area contributed by atoms with Crippen molar-refractivity contribution < 1.29 is 0 Å². The van der Waals surface area contributed by atoms with Gasteiger partial charge in [0.1, 0.15) is 0 Å². The molecule has 0 atom stereocenters. The monoisotopic (exact) mass is 344 g/mol. The van der Waals surface area contributed by atoms with Gasteiger partial charge in [0.15, 0.2) is 0 Å². The van der Waals surface area contributed by atoms with Crippen LogP contribution < -0.4 is 10.6 Å². The molecule has 1 aliphatic heterocycles. The number of anilines is 2. The van der Waals surface area contributed by atoms with Gasteiger partial charge in [-0.05, 0) is 59.5 Å². The van der Waals surface area contributed by atoms with Crippen LogP contribution in [0.15, 0.2) is 18.2 Å². The fourth-order valence-corrected chi connectivity index (χ4v) is 3.20. The standard InChI is InChI=1S/C14H21IN2/c1-2-3-11-6-8-17(9-7-11)14-5-4-12(15)10-13(14)16/h4-5,10-11H,2-3,6-9,16H2,1H3. The number of benzene rings is 1. The molecule has 17 heavy (non-hydrogen) atoms. The van der Waals surface area contributed by atoms with E-state index in [-0.39, 0.29) is 0 Å². The summed E-state index contributed by atoms with van der Waals surface area (Å²) in [7, 11) is 0. The topological polar surface area (TPSA) is 29.3 Å². The second-order valence-electron chi connectivity index (χ2n) is 4.92. The zero-order chi connectivity index (χ0) is 12.3. The molecule has 3 heteroatoms. The SMILES string of the molecule is CCCC1CCN(c2ccc(I)cc2N)CC1. The summed E-state index contributed by atoms with van der Waals surface area (Å²) in [5, 5.41) is 0. The lowest BCUT2D eigenvalue weighted by atomic mass is 9.92. The van der Waals surface area contributed by atoms with Gasteiger partial charge in [-0.1, -0.05) is 19.8 Å². The van der Waals surface area contributed by atoms with Gasteiger partial charge in [-0.2, -0.15) is 0 Å². The first-order valence-corrected chi connectivity index (χ1v) is 7.58. The maximum absolute atomic E-state index is 6.10. The zero-order valence-electron chi connectivity index (χ0n) is 10.5. The summed E-state index contributed by atoms with van der Waals surface area (Å²) >= 11 is 2.31. The minimum absolute atomic E-state index is 0.922. The molecule has 2 rings (SSSR count). The summed E-state index contributed by atoms with van der Waals surface area (Å²) in [6, 6.07) is 6.37. The number of piperidine rings is 1. The van der Waals surface area contributed by atoms with Crippen LogP contribution in [0.3, 0.4) is 0 Å². The molecule has 94 valence electrons. The maximum atomic E-state index is 6.10. The number of nitrogens with two attached hydrogens (primary N) is 1. The number of halogens is 1. The molecule has 0 unspecified atom stereocenters. The van der Waals surface area contributed by atoms with Crippen molar-refractivity contribution in [2.75, 3.05) is 23.7 Å². The third kappa shape index (κ3) is 3.27. The van der Waals surface area contributed by atoms with Crippen LogP contribution in [0.5, 0.6) is 0 Å². The maximum Gasteiger partial charge on any atom is 0.0600 e. The molecule has 0 spiro atoms. The molecule has 1 aromatic rings. The molecule has 2 nitrogen and oxygen atoms in total. The largest absolute Gasteiger partial charge is 0.397 e. The predicted octanol–water partition coefficient (Wildman–Crippen LogP) is 3.89. The summed E-state index contributed by atoms with van der Waals surface area (Å²) in [5.41, 5.74) is 8.24. The first-order chi connectivity index (χ1) is 8.20. The first kappa shape index (κ1) is 13.0. The van der Waals surface area contributed by atoms with Crippen LogP contribution in [0.25, 0.3) is 0 Å². The fraction of sp³-hybridized carbons (Fsp3) is 0.571. The average molecular weight is 344 g/mol. The van der Waals surface area contributed by atoms with Gasteiger partial charge >= 0.3 is 0 Å². The lowest BCUT2D eigenvalue weighted by Gasteiger charge is -2.34. The Balaban J connectivity index is 2.00. The second kappa shape index (κ2) is 5.94. The van der Waals surface area contributed by atoms with Gasteiger partial charge < -0.3 is 10.6 Å². The molecular formula is C14H21IN2. The van der Waals surface area contributed by atoms with Crippen molar-refractivity contribution >= 4 is 34.0 Å². The molecule has 1 aliphatic rings. The number of rotatable bonds is 3. The van der Waals surface area contributed by atoms with Crippen LogP contribution in [0.1, 0.15) is 32.6 Å². The molecule has 0 amide bonds. The van der Waals surface area contributed by atoms with Gasteiger partial charge in [0, 0.05) is 16.7 Å². The van der Waals surface area contributed by atoms with E-state index >= 15 is 0 Å². The van der Waals surface area contributed by atoms with Gasteiger partial charge in [-0.3, -0.25) is 0 Å². The van der Waals surface area contributed by atoms with Crippen molar-refractivity contribution in [3.05, 3.63) is 21.8 Å². The smallest absolute Gasteiger partial charge is 0.0600 e. The Kier molecular flexibility index (Phi) is 4.54. The van der Waals surface area contributed by atoms with E-state index in [1.165, 1.54) is 34.9 Å². The van der Waals surface area contributed by atoms with Crippen LogP contribution in [0.4, 0.5) is 11.4 Å². The molecule has 1 aromatic carbocycles. The Morgan fingerprint density at radius 1 is 1.35 bits per heavy atom. The number of hydrogen-bond donors (Lipinski definition) is 1. The lowest BCUT2D eigenvalue weighted by Crippen LogP contribution is -2.34. The summed E-state index contributed by atoms with van der Waals surface area (Å²) < 4.78 is 1.21. The summed E-state index contributed by atoms with van der Waals surface area (Å²) in [6.07, 6.45) is 5.34. The highest BCUT2D eigenvalue weighted by Gasteiger charge is 2.19. The Bertz CT molecular complexity index is 370. The molecule has 0 radical (unpaired) electrons. The second-order valence-corrected chi connectivity index (χ2v) is 6.17. The summed E-state index contributed by atoms with van der Waals surface area (Å²) in [6.45, 7) is 4.61. The lowest BCUT2D eigenvalue weighted by molar-refractivity contribution is 0.378. The van der Waals surface area contributed by atoms with Crippen molar-refractivity contribution in [1.29, 1.82) is 0 Å². The Labute approximate surface area is 118 Å². The highest BCUT2D eigenvalue weighted by Crippen LogP contribution is 2.30. The average Bonchev–Trinajstić information content (AvgIpc) is 2.31. The molecule has 0 saturated carbocycles. The number of hydrogen-bond acceptors (Lipinski definition) is 2. The van der Waals surface area contributed by atoms with Gasteiger partial charge in [0.2, 0.25) is 0 Å². The van der Waals surface area contributed by atoms with Crippen molar-refractivity contribution in [3.63, 3.8) is 0 Å². The van der Waals surface area contributed by atoms with Gasteiger partial charge in [0.25, 0.3) is 0 Å². The normalized spacial score (nSPS) is 17.4. The minimum atomic E-state index is 0.922. The molecular weight excluding hydrogens is 323 g/mol. The Hall–Kier alpha value is -0.450. The van der Waals surface area contributed by atoms with E-state index in [0.29, 0.717) is 0 Å². The van der Waals surface area contributed by atoms with E-state index in [0.717, 1.165) is 24.7 Å². The van der Waals surface area contributed by atoms with E-state index in [2.05, 4.69) is 52.6 Å². The first-order valence-electron chi connectivity index (χ1n) is 6.50. The quantitative estimate of drug-likeness (QED) is 0.666. The fourth-order valence-electron chi connectivity index (χ4n) is 2.68.